The largest absolute Gasteiger partial charge is 0.478 e. The summed E-state index contributed by atoms with van der Waals surface area (Å²) < 4.78 is 5.76. The Hall–Kier alpha value is -1.36. The average Bonchev–Trinajstić information content (AvgIpc) is 2.35. The zero-order valence-corrected chi connectivity index (χ0v) is 11.6. The summed E-state index contributed by atoms with van der Waals surface area (Å²) in [7, 11) is 0. The van der Waals surface area contributed by atoms with Crippen LogP contribution in [0.15, 0.2) is 11.6 Å². The highest BCUT2D eigenvalue weighted by Gasteiger charge is 2.29. The van der Waals surface area contributed by atoms with Gasteiger partial charge in [0.25, 0.3) is 0 Å². The molecule has 0 saturated carbocycles. The van der Waals surface area contributed by atoms with E-state index < -0.39 is 5.97 Å². The van der Waals surface area contributed by atoms with Crippen LogP contribution in [-0.2, 0) is 14.3 Å². The van der Waals surface area contributed by atoms with Gasteiger partial charge in [0.15, 0.2) is 0 Å². The predicted molar refractivity (Wildman–Crippen MR) is 71.8 cm³/mol. The first-order valence-electron chi connectivity index (χ1n) is 6.85. The van der Waals surface area contributed by atoms with Crippen molar-refractivity contribution in [3.05, 3.63) is 11.6 Å². The normalized spacial score (nSPS) is 22.7. The minimum Gasteiger partial charge on any atom is -0.478 e. The van der Waals surface area contributed by atoms with E-state index in [9.17, 15) is 9.59 Å². The van der Waals surface area contributed by atoms with Gasteiger partial charge in [0.2, 0.25) is 5.91 Å². The molecule has 0 radical (unpaired) electrons. The lowest BCUT2D eigenvalue weighted by Gasteiger charge is -2.30. The highest BCUT2D eigenvalue weighted by Crippen LogP contribution is 2.22. The Balaban J connectivity index is 2.56. The topological polar surface area (TPSA) is 75.6 Å². The first-order chi connectivity index (χ1) is 9.04. The first kappa shape index (κ1) is 15.7. The standard InChI is InChI=1S/C14H23NO4/c1-3-4-5-8-19-13-9-11(14(17)18)6-7-12(13)15-10(2)16/h6,12-13H,3-5,7-9H2,1-2H3,(H,15,16)(H,17,18). The summed E-state index contributed by atoms with van der Waals surface area (Å²) in [4.78, 5) is 22.1. The molecule has 2 atom stereocenters. The lowest BCUT2D eigenvalue weighted by molar-refractivity contribution is -0.133. The number of nitrogens with one attached hydrogen (secondary N) is 1. The molecule has 1 amide bonds. The summed E-state index contributed by atoms with van der Waals surface area (Å²) in [6.07, 6.45) is 5.48. The summed E-state index contributed by atoms with van der Waals surface area (Å²) in [6, 6.07) is -0.123. The number of carboxylic acid groups (broad SMARTS) is 1. The van der Waals surface area contributed by atoms with Crippen LogP contribution in [0.25, 0.3) is 0 Å². The fraction of sp³-hybridized carbons (Fsp3) is 0.714. The van der Waals surface area contributed by atoms with E-state index in [2.05, 4.69) is 12.2 Å². The van der Waals surface area contributed by atoms with Crippen LogP contribution in [0.3, 0.4) is 0 Å². The van der Waals surface area contributed by atoms with Crippen molar-refractivity contribution in [1.29, 1.82) is 0 Å². The average molecular weight is 269 g/mol. The van der Waals surface area contributed by atoms with E-state index in [1.807, 2.05) is 0 Å². The summed E-state index contributed by atoms with van der Waals surface area (Å²) in [5, 5.41) is 11.9. The van der Waals surface area contributed by atoms with Crippen LogP contribution in [0.4, 0.5) is 0 Å². The monoisotopic (exact) mass is 269 g/mol. The Bertz CT molecular complexity index is 351. The smallest absolute Gasteiger partial charge is 0.331 e. The molecule has 0 aromatic carbocycles. The number of amides is 1. The van der Waals surface area contributed by atoms with Crippen molar-refractivity contribution in [2.45, 2.75) is 58.1 Å². The van der Waals surface area contributed by atoms with E-state index in [0.717, 1.165) is 19.3 Å². The van der Waals surface area contributed by atoms with Crippen molar-refractivity contribution in [2.24, 2.45) is 0 Å². The Morgan fingerprint density at radius 2 is 2.21 bits per heavy atom. The third-order valence-electron chi connectivity index (χ3n) is 3.23. The summed E-state index contributed by atoms with van der Waals surface area (Å²) in [5.74, 6) is -1.01. The molecule has 19 heavy (non-hydrogen) atoms. The van der Waals surface area contributed by atoms with Gasteiger partial charge in [0, 0.05) is 25.5 Å². The molecule has 0 fully saturated rings. The second-order valence-electron chi connectivity index (χ2n) is 4.90. The second-order valence-corrected chi connectivity index (χ2v) is 4.90. The number of ether oxygens (including phenoxy) is 1. The molecule has 0 spiro atoms. The van der Waals surface area contributed by atoms with Gasteiger partial charge in [-0.15, -0.1) is 0 Å². The number of hydrogen-bond donors (Lipinski definition) is 2. The summed E-state index contributed by atoms with van der Waals surface area (Å²) in [5.41, 5.74) is 0.377. The molecule has 5 heteroatoms. The molecule has 1 aliphatic rings. The molecule has 5 nitrogen and oxygen atoms in total. The summed E-state index contributed by atoms with van der Waals surface area (Å²) >= 11 is 0. The van der Waals surface area contributed by atoms with E-state index in [0.29, 0.717) is 25.0 Å². The number of carbonyl (C=O) groups excluding carboxylic acids is 1. The molecule has 0 heterocycles. The Kier molecular flexibility index (Phi) is 6.56. The van der Waals surface area contributed by atoms with Crippen molar-refractivity contribution in [3.63, 3.8) is 0 Å². The highest BCUT2D eigenvalue weighted by molar-refractivity contribution is 5.87. The summed E-state index contributed by atoms with van der Waals surface area (Å²) in [6.45, 7) is 4.19. The van der Waals surface area contributed by atoms with Crippen LogP contribution in [0.5, 0.6) is 0 Å². The third-order valence-corrected chi connectivity index (χ3v) is 3.23. The van der Waals surface area contributed by atoms with Crippen LogP contribution in [0.2, 0.25) is 0 Å². The number of unbranched alkanes of at least 4 members (excludes halogenated alkanes) is 2. The SMILES string of the molecule is CCCCCOC1CC(C(=O)O)=CCC1NC(C)=O. The Morgan fingerprint density at radius 1 is 1.47 bits per heavy atom. The maximum atomic E-state index is 11.1. The van der Waals surface area contributed by atoms with Gasteiger partial charge in [0.1, 0.15) is 0 Å². The number of hydrogen-bond acceptors (Lipinski definition) is 3. The molecule has 0 saturated heterocycles. The Labute approximate surface area is 114 Å². The Morgan fingerprint density at radius 3 is 2.79 bits per heavy atom. The molecular weight excluding hydrogens is 246 g/mol. The van der Waals surface area contributed by atoms with E-state index in [-0.39, 0.29) is 18.1 Å². The molecule has 108 valence electrons. The van der Waals surface area contributed by atoms with Crippen molar-refractivity contribution >= 4 is 11.9 Å². The molecule has 1 aliphatic carbocycles. The van der Waals surface area contributed by atoms with Gasteiger partial charge in [0.05, 0.1) is 12.1 Å². The molecule has 1 rings (SSSR count). The van der Waals surface area contributed by atoms with E-state index in [4.69, 9.17) is 9.84 Å². The lowest BCUT2D eigenvalue weighted by Crippen LogP contribution is -2.45. The van der Waals surface area contributed by atoms with Crippen LogP contribution in [0, 0.1) is 0 Å². The third kappa shape index (κ3) is 5.42. The molecular formula is C14H23NO4. The predicted octanol–water partition coefficient (Wildman–Crippen LogP) is 1.87. The molecule has 0 aromatic rings. The van der Waals surface area contributed by atoms with Gasteiger partial charge in [-0.1, -0.05) is 25.8 Å². The fourth-order valence-corrected chi connectivity index (χ4v) is 2.21. The zero-order chi connectivity index (χ0) is 14.3. The first-order valence-corrected chi connectivity index (χ1v) is 6.85. The fourth-order valence-electron chi connectivity index (χ4n) is 2.21. The number of carbonyl (C=O) groups is 2. The van der Waals surface area contributed by atoms with E-state index >= 15 is 0 Å². The van der Waals surface area contributed by atoms with Gasteiger partial charge in [-0.2, -0.15) is 0 Å². The highest BCUT2D eigenvalue weighted by atomic mass is 16.5. The zero-order valence-electron chi connectivity index (χ0n) is 11.6. The lowest BCUT2D eigenvalue weighted by atomic mass is 9.92. The van der Waals surface area contributed by atoms with Crippen molar-refractivity contribution in [2.75, 3.05) is 6.61 Å². The van der Waals surface area contributed by atoms with E-state index in [1.54, 1.807) is 6.08 Å². The second kappa shape index (κ2) is 7.94. The molecule has 2 unspecified atom stereocenters. The minimum atomic E-state index is -0.900. The van der Waals surface area contributed by atoms with Gasteiger partial charge in [-0.3, -0.25) is 4.79 Å². The minimum absolute atomic E-state index is 0.112. The van der Waals surface area contributed by atoms with Gasteiger partial charge < -0.3 is 15.2 Å². The van der Waals surface area contributed by atoms with Crippen LogP contribution >= 0.6 is 0 Å². The van der Waals surface area contributed by atoms with E-state index in [1.165, 1.54) is 6.92 Å². The van der Waals surface area contributed by atoms with Crippen molar-refractivity contribution in [3.8, 4) is 0 Å². The van der Waals surface area contributed by atoms with Gasteiger partial charge >= 0.3 is 5.97 Å². The van der Waals surface area contributed by atoms with Crippen molar-refractivity contribution < 1.29 is 19.4 Å². The van der Waals surface area contributed by atoms with Crippen LogP contribution in [-0.4, -0.2) is 35.7 Å². The van der Waals surface area contributed by atoms with Crippen molar-refractivity contribution in [1.82, 2.24) is 5.32 Å². The molecule has 0 aromatic heterocycles. The van der Waals surface area contributed by atoms with Crippen LogP contribution in [0.1, 0.15) is 46.0 Å². The van der Waals surface area contributed by atoms with Gasteiger partial charge in [-0.05, 0) is 12.8 Å². The van der Waals surface area contributed by atoms with Crippen LogP contribution < -0.4 is 5.32 Å². The number of carboxylic acids is 1. The quantitative estimate of drug-likeness (QED) is 0.692. The number of rotatable bonds is 7. The maximum absolute atomic E-state index is 11.1. The maximum Gasteiger partial charge on any atom is 0.331 e. The number of aliphatic carboxylic acids is 1. The molecule has 0 bridgehead atoms. The molecule has 0 aliphatic heterocycles. The molecule has 2 N–H and O–H groups in total. The van der Waals surface area contributed by atoms with Gasteiger partial charge in [-0.25, -0.2) is 4.79 Å².